The molecule has 13 nitrogen and oxygen atoms in total. The summed E-state index contributed by atoms with van der Waals surface area (Å²) in [7, 11) is -4.11. The van der Waals surface area contributed by atoms with E-state index in [1.54, 1.807) is 0 Å². The van der Waals surface area contributed by atoms with Crippen LogP contribution < -0.4 is 26.0 Å². The fourth-order valence-electron chi connectivity index (χ4n) is 6.12. The molecule has 5 N–H and O–H groups in total. The average molecular weight is 772 g/mol. The van der Waals surface area contributed by atoms with Crippen molar-refractivity contribution in [3.63, 3.8) is 0 Å². The number of nitrogens with one attached hydrogen (secondary N) is 4. The number of carbonyl (C=O) groups excluding carboxylic acids is 4. The van der Waals surface area contributed by atoms with Crippen molar-refractivity contribution in [2.75, 3.05) is 25.0 Å². The highest BCUT2D eigenvalue weighted by Crippen LogP contribution is 2.22. The largest absolute Gasteiger partial charge is 0.494 e. The smallest absolute Gasteiger partial charge is 0.243 e. The lowest BCUT2D eigenvalue weighted by molar-refractivity contribution is -0.133. The number of aliphatic hydroxyl groups excluding tert-OH is 1. The van der Waals surface area contributed by atoms with Crippen LogP contribution in [0.3, 0.4) is 0 Å². The number of unbranched alkanes of at least 4 members (excludes halogenated alkanes) is 2. The monoisotopic (exact) mass is 771 g/mol. The lowest BCUT2D eigenvalue weighted by atomic mass is 9.99. The number of hydrogen-bond donors (Lipinski definition) is 5. The number of rotatable bonds is 16. The molecule has 0 aromatic heterocycles. The Hall–Kier alpha value is -4.01. The Labute approximate surface area is 321 Å². The zero-order valence-electron chi connectivity index (χ0n) is 32.6. The van der Waals surface area contributed by atoms with Crippen LogP contribution in [0.2, 0.25) is 0 Å². The Morgan fingerprint density at radius 2 is 1.65 bits per heavy atom. The van der Waals surface area contributed by atoms with Gasteiger partial charge in [-0.1, -0.05) is 59.1 Å². The summed E-state index contributed by atoms with van der Waals surface area (Å²) < 4.78 is 35.3. The van der Waals surface area contributed by atoms with Crippen molar-refractivity contribution >= 4 is 39.3 Å². The highest BCUT2D eigenvalue weighted by molar-refractivity contribution is 7.89. The van der Waals surface area contributed by atoms with Gasteiger partial charge in [0.1, 0.15) is 17.8 Å². The molecule has 0 spiro atoms. The molecule has 4 amide bonds. The summed E-state index contributed by atoms with van der Waals surface area (Å²) in [5, 5.41) is 23.2. The first-order chi connectivity index (χ1) is 25.7. The molecule has 54 heavy (non-hydrogen) atoms. The molecule has 2 aromatic carbocycles. The SMILES string of the molecule is CCCCC(=O)N[C@H]1CCCCOc2ccc(cc2)C[C@@H]([C@H](O)CN(CCC(C)C)S(=O)(=O)c2ccc(NC(C)=O)cc2)NC(=O)[C@H](CCCC)NC1=O. The van der Waals surface area contributed by atoms with Crippen LogP contribution in [0.15, 0.2) is 53.4 Å². The molecule has 4 atom stereocenters. The summed E-state index contributed by atoms with van der Waals surface area (Å²) in [6.45, 7) is 9.51. The van der Waals surface area contributed by atoms with Gasteiger partial charge in [0.15, 0.2) is 0 Å². The lowest BCUT2D eigenvalue weighted by Gasteiger charge is -2.31. The maximum atomic E-state index is 14.1. The fourth-order valence-corrected chi connectivity index (χ4v) is 7.59. The molecular formula is C40H61N5O8S. The lowest BCUT2D eigenvalue weighted by Crippen LogP contribution is -2.57. The molecule has 0 saturated heterocycles. The zero-order chi connectivity index (χ0) is 39.7. The highest BCUT2D eigenvalue weighted by Gasteiger charge is 2.33. The minimum atomic E-state index is -4.11. The number of fused-ring (bicyclic) bond motifs is 14. The molecule has 0 saturated carbocycles. The molecule has 4 rings (SSSR count). The van der Waals surface area contributed by atoms with Gasteiger partial charge in [0.2, 0.25) is 33.7 Å². The Kier molecular flexibility index (Phi) is 18.4. The first-order valence-electron chi connectivity index (χ1n) is 19.4. The molecule has 0 radical (unpaired) electrons. The zero-order valence-corrected chi connectivity index (χ0v) is 33.4. The third-order valence-corrected chi connectivity index (χ3v) is 11.3. The van der Waals surface area contributed by atoms with Crippen molar-refractivity contribution in [3.8, 4) is 5.75 Å². The predicted octanol–water partition coefficient (Wildman–Crippen LogP) is 4.68. The van der Waals surface area contributed by atoms with Crippen molar-refractivity contribution in [2.24, 2.45) is 5.92 Å². The molecule has 2 aliphatic rings. The third kappa shape index (κ3) is 14.7. The van der Waals surface area contributed by atoms with Gasteiger partial charge in [-0.15, -0.1) is 0 Å². The summed E-state index contributed by atoms with van der Waals surface area (Å²) in [4.78, 5) is 52.0. The number of carbonyl (C=O) groups is 4. The maximum Gasteiger partial charge on any atom is 0.243 e. The van der Waals surface area contributed by atoms with Gasteiger partial charge >= 0.3 is 0 Å². The first kappa shape index (κ1) is 44.4. The Bertz CT molecular complexity index is 1600. The van der Waals surface area contributed by atoms with E-state index >= 15 is 0 Å². The number of hydrogen-bond acceptors (Lipinski definition) is 8. The van der Waals surface area contributed by atoms with Crippen LogP contribution in [0.25, 0.3) is 0 Å². The van der Waals surface area contributed by atoms with Gasteiger partial charge in [0.05, 0.1) is 23.6 Å². The highest BCUT2D eigenvalue weighted by atomic mass is 32.2. The number of benzene rings is 2. The predicted molar refractivity (Wildman–Crippen MR) is 209 cm³/mol. The molecule has 2 bridgehead atoms. The topological polar surface area (TPSA) is 183 Å². The van der Waals surface area contributed by atoms with Crippen LogP contribution in [-0.4, -0.2) is 85.4 Å². The van der Waals surface area contributed by atoms with E-state index in [4.69, 9.17) is 4.74 Å². The number of nitrogens with zero attached hydrogens (tertiary/aromatic N) is 1. The van der Waals surface area contributed by atoms with Crippen LogP contribution in [0.5, 0.6) is 5.75 Å². The van der Waals surface area contributed by atoms with E-state index in [9.17, 15) is 32.7 Å². The number of ether oxygens (including phenoxy) is 1. The van der Waals surface area contributed by atoms with E-state index in [2.05, 4.69) is 21.3 Å². The van der Waals surface area contributed by atoms with E-state index < -0.39 is 46.1 Å². The second-order valence-electron chi connectivity index (χ2n) is 14.6. The van der Waals surface area contributed by atoms with Crippen molar-refractivity contribution in [3.05, 3.63) is 54.1 Å². The van der Waals surface area contributed by atoms with Crippen molar-refractivity contribution in [2.45, 2.75) is 134 Å². The summed E-state index contributed by atoms with van der Waals surface area (Å²) >= 11 is 0. The second-order valence-corrected chi connectivity index (χ2v) is 16.5. The summed E-state index contributed by atoms with van der Waals surface area (Å²) in [5.41, 5.74) is 1.23. The Balaban J connectivity index is 1.96. The van der Waals surface area contributed by atoms with Crippen LogP contribution >= 0.6 is 0 Å². The number of anilines is 1. The van der Waals surface area contributed by atoms with Crippen molar-refractivity contribution < 1.29 is 37.4 Å². The summed E-state index contributed by atoms with van der Waals surface area (Å²) in [5.74, 6) is -0.671. The number of aliphatic hydroxyl groups is 1. The maximum absolute atomic E-state index is 14.1. The molecule has 0 fully saturated rings. The first-order valence-corrected chi connectivity index (χ1v) is 20.8. The summed E-state index contributed by atoms with van der Waals surface area (Å²) in [6, 6.07) is 10.4. The van der Waals surface area contributed by atoms with Crippen molar-refractivity contribution in [1.82, 2.24) is 20.3 Å². The quantitative estimate of drug-likeness (QED) is 0.163. The van der Waals surface area contributed by atoms with Crippen LogP contribution in [-0.2, 0) is 35.6 Å². The van der Waals surface area contributed by atoms with Gasteiger partial charge in [-0.25, -0.2) is 8.42 Å². The van der Waals surface area contributed by atoms with E-state index in [0.29, 0.717) is 69.4 Å². The van der Waals surface area contributed by atoms with E-state index in [1.165, 1.54) is 35.5 Å². The van der Waals surface area contributed by atoms with Crippen molar-refractivity contribution in [1.29, 1.82) is 0 Å². The van der Waals surface area contributed by atoms with E-state index in [-0.39, 0.29) is 42.1 Å². The number of amides is 4. The average Bonchev–Trinajstić information content (AvgIpc) is 3.13. The molecule has 14 heteroatoms. The second kappa shape index (κ2) is 22.4. The van der Waals surface area contributed by atoms with Crippen LogP contribution in [0.4, 0.5) is 5.69 Å². The minimum absolute atomic E-state index is 0.000211. The van der Waals surface area contributed by atoms with Crippen LogP contribution in [0, 0.1) is 5.92 Å². The van der Waals surface area contributed by atoms with E-state index in [1.807, 2.05) is 52.0 Å². The molecule has 2 heterocycles. The van der Waals surface area contributed by atoms with Gasteiger partial charge in [-0.05, 0) is 92.8 Å². The molecule has 0 unspecified atom stereocenters. The normalized spacial score (nSPS) is 19.4. The fraction of sp³-hybridized carbons (Fsp3) is 0.600. The molecule has 2 aliphatic heterocycles. The Morgan fingerprint density at radius 3 is 2.28 bits per heavy atom. The molecular weight excluding hydrogens is 711 g/mol. The van der Waals surface area contributed by atoms with Gasteiger partial charge in [-0.3, -0.25) is 19.2 Å². The van der Waals surface area contributed by atoms with Crippen LogP contribution in [0.1, 0.15) is 104 Å². The van der Waals surface area contributed by atoms with Gasteiger partial charge in [0, 0.05) is 32.1 Å². The molecule has 300 valence electrons. The van der Waals surface area contributed by atoms with Gasteiger partial charge < -0.3 is 31.1 Å². The van der Waals surface area contributed by atoms with Gasteiger partial charge in [-0.2, -0.15) is 4.31 Å². The minimum Gasteiger partial charge on any atom is -0.494 e. The number of sulfonamides is 1. The standard InChI is InChI=1S/C40H61N5O8S/c1-6-8-12-35-40(50)44-36(37(47)27-45(24-23-28(3)4)54(51,52)33-21-17-31(18-22-33)41-29(5)46)26-30-15-19-32(20-16-30)53-25-11-10-13-34(39(49)43-35)42-38(48)14-9-7-2/h15-22,28,34-37,47H,6-14,23-27H2,1-5H3,(H,41,46)(H,42,48)(H,43,49)(H,44,50)/t34-,35-,36-,37+/m0/s1. The van der Waals surface area contributed by atoms with E-state index in [0.717, 1.165) is 18.4 Å². The summed E-state index contributed by atoms with van der Waals surface area (Å²) in [6.07, 6.45) is 4.54. The molecule has 0 aliphatic carbocycles. The third-order valence-electron chi connectivity index (χ3n) is 9.37. The van der Waals surface area contributed by atoms with Gasteiger partial charge in [0.25, 0.3) is 0 Å². The molecule has 2 aromatic rings. The Morgan fingerprint density at radius 1 is 0.963 bits per heavy atom.